The van der Waals surface area contributed by atoms with E-state index in [4.69, 9.17) is 4.74 Å². The van der Waals surface area contributed by atoms with E-state index in [1.54, 1.807) is 29.6 Å². The molecule has 0 radical (unpaired) electrons. The summed E-state index contributed by atoms with van der Waals surface area (Å²) in [5.41, 5.74) is 0.848. The van der Waals surface area contributed by atoms with Crippen molar-refractivity contribution in [2.75, 3.05) is 31.6 Å². The van der Waals surface area contributed by atoms with E-state index in [1.807, 2.05) is 0 Å². The standard InChI is InChI=1S/C16H20N4O2S/c1-10-11(2)23-14-12(10)13(17-9-18-14)20-6-4-5-16(8-20)7-19(3)15(21)22-16/h9H,4-8H2,1-3H3. The molecule has 2 aromatic rings. The van der Waals surface area contributed by atoms with Crippen LogP contribution in [0.4, 0.5) is 10.6 Å². The number of ether oxygens (including phenoxy) is 1. The summed E-state index contributed by atoms with van der Waals surface area (Å²) in [6, 6.07) is 0. The van der Waals surface area contributed by atoms with Crippen LogP contribution in [-0.2, 0) is 4.74 Å². The van der Waals surface area contributed by atoms with Gasteiger partial charge in [0.1, 0.15) is 22.6 Å². The summed E-state index contributed by atoms with van der Waals surface area (Å²) >= 11 is 1.71. The molecule has 1 amide bonds. The van der Waals surface area contributed by atoms with E-state index in [-0.39, 0.29) is 6.09 Å². The quantitative estimate of drug-likeness (QED) is 0.804. The van der Waals surface area contributed by atoms with Crippen LogP contribution in [0.5, 0.6) is 0 Å². The maximum atomic E-state index is 11.8. The van der Waals surface area contributed by atoms with Crippen molar-refractivity contribution < 1.29 is 9.53 Å². The number of rotatable bonds is 1. The van der Waals surface area contributed by atoms with Crippen molar-refractivity contribution in [2.45, 2.75) is 32.3 Å². The summed E-state index contributed by atoms with van der Waals surface area (Å²) in [6.07, 6.45) is 3.33. The van der Waals surface area contributed by atoms with Crippen molar-refractivity contribution in [1.29, 1.82) is 0 Å². The fourth-order valence-electron chi connectivity index (χ4n) is 3.69. The molecule has 4 rings (SSSR count). The molecule has 0 bridgehead atoms. The Kier molecular flexibility index (Phi) is 3.23. The number of anilines is 1. The fraction of sp³-hybridized carbons (Fsp3) is 0.562. The molecule has 2 aromatic heterocycles. The van der Waals surface area contributed by atoms with Crippen molar-refractivity contribution in [3.05, 3.63) is 16.8 Å². The number of amides is 1. The monoisotopic (exact) mass is 332 g/mol. The van der Waals surface area contributed by atoms with Gasteiger partial charge in [-0.05, 0) is 32.3 Å². The lowest BCUT2D eigenvalue weighted by Gasteiger charge is -2.39. The molecule has 0 N–H and O–H groups in total. The molecule has 2 aliphatic heterocycles. The molecule has 1 spiro atoms. The Morgan fingerprint density at radius 2 is 2.13 bits per heavy atom. The number of hydrogen-bond donors (Lipinski definition) is 0. The Bertz CT molecular complexity index is 790. The van der Waals surface area contributed by atoms with Gasteiger partial charge >= 0.3 is 6.09 Å². The fourth-order valence-corrected chi connectivity index (χ4v) is 4.68. The number of thiophene rings is 1. The SMILES string of the molecule is Cc1sc2ncnc(N3CCCC4(CN(C)C(=O)O4)C3)c2c1C. The van der Waals surface area contributed by atoms with E-state index in [9.17, 15) is 4.79 Å². The third kappa shape index (κ3) is 2.25. The summed E-state index contributed by atoms with van der Waals surface area (Å²) in [7, 11) is 1.80. The molecule has 23 heavy (non-hydrogen) atoms. The van der Waals surface area contributed by atoms with E-state index < -0.39 is 5.60 Å². The first-order chi connectivity index (χ1) is 11.0. The van der Waals surface area contributed by atoms with E-state index in [1.165, 1.54) is 10.4 Å². The van der Waals surface area contributed by atoms with Crippen LogP contribution in [0.25, 0.3) is 10.2 Å². The predicted octanol–water partition coefficient (Wildman–Crippen LogP) is 2.73. The van der Waals surface area contributed by atoms with Gasteiger partial charge in [-0.25, -0.2) is 14.8 Å². The van der Waals surface area contributed by atoms with Crippen molar-refractivity contribution in [3.63, 3.8) is 0 Å². The molecule has 7 heteroatoms. The van der Waals surface area contributed by atoms with Crippen molar-refractivity contribution in [3.8, 4) is 0 Å². The number of aryl methyl sites for hydroxylation is 2. The van der Waals surface area contributed by atoms with Crippen LogP contribution < -0.4 is 4.90 Å². The summed E-state index contributed by atoms with van der Waals surface area (Å²) < 4.78 is 5.71. The molecule has 1 unspecified atom stereocenters. The highest BCUT2D eigenvalue weighted by molar-refractivity contribution is 7.18. The second-order valence-electron chi connectivity index (χ2n) is 6.59. The number of carbonyl (C=O) groups is 1. The molecule has 0 saturated carbocycles. The molecule has 4 heterocycles. The summed E-state index contributed by atoms with van der Waals surface area (Å²) in [5.74, 6) is 0.974. The first-order valence-corrected chi connectivity index (χ1v) is 8.70. The third-order valence-electron chi connectivity index (χ3n) is 4.93. The first-order valence-electron chi connectivity index (χ1n) is 7.89. The largest absolute Gasteiger partial charge is 0.439 e. The Morgan fingerprint density at radius 3 is 2.87 bits per heavy atom. The van der Waals surface area contributed by atoms with Crippen LogP contribution in [0.15, 0.2) is 6.33 Å². The predicted molar refractivity (Wildman–Crippen MR) is 90.2 cm³/mol. The van der Waals surface area contributed by atoms with Crippen LogP contribution in [0.3, 0.4) is 0 Å². The van der Waals surface area contributed by atoms with Crippen molar-refractivity contribution >= 4 is 33.5 Å². The van der Waals surface area contributed by atoms with Gasteiger partial charge < -0.3 is 14.5 Å². The van der Waals surface area contributed by atoms with Crippen LogP contribution in [0.2, 0.25) is 0 Å². The average Bonchev–Trinajstić information content (AvgIpc) is 2.96. The number of nitrogens with zero attached hydrogens (tertiary/aromatic N) is 4. The van der Waals surface area contributed by atoms with Gasteiger partial charge in [0.15, 0.2) is 0 Å². The highest BCUT2D eigenvalue weighted by atomic mass is 32.1. The summed E-state index contributed by atoms with van der Waals surface area (Å²) in [4.78, 5) is 27.0. The molecular formula is C16H20N4O2S. The maximum Gasteiger partial charge on any atom is 0.410 e. The minimum atomic E-state index is -0.402. The molecule has 6 nitrogen and oxygen atoms in total. The Labute approximate surface area is 139 Å². The molecule has 2 saturated heterocycles. The number of carbonyl (C=O) groups excluding carboxylic acids is 1. The van der Waals surface area contributed by atoms with Crippen molar-refractivity contribution in [1.82, 2.24) is 14.9 Å². The van der Waals surface area contributed by atoms with Crippen molar-refractivity contribution in [2.24, 2.45) is 0 Å². The second-order valence-corrected chi connectivity index (χ2v) is 7.80. The van der Waals surface area contributed by atoms with Gasteiger partial charge in [-0.2, -0.15) is 0 Å². The Hall–Kier alpha value is -1.89. The van der Waals surface area contributed by atoms with Gasteiger partial charge in [0.05, 0.1) is 18.5 Å². The molecule has 0 aromatic carbocycles. The highest BCUT2D eigenvalue weighted by Gasteiger charge is 2.47. The lowest BCUT2D eigenvalue weighted by atomic mass is 9.92. The van der Waals surface area contributed by atoms with Crippen LogP contribution >= 0.6 is 11.3 Å². The number of fused-ring (bicyclic) bond motifs is 1. The van der Waals surface area contributed by atoms with Gasteiger partial charge in [0, 0.05) is 18.5 Å². The third-order valence-corrected chi connectivity index (χ3v) is 6.04. The average molecular weight is 332 g/mol. The summed E-state index contributed by atoms with van der Waals surface area (Å²) in [6.45, 7) is 6.53. The Morgan fingerprint density at radius 1 is 1.30 bits per heavy atom. The zero-order chi connectivity index (χ0) is 16.2. The van der Waals surface area contributed by atoms with Gasteiger partial charge in [0.25, 0.3) is 0 Å². The minimum Gasteiger partial charge on any atom is -0.439 e. The molecule has 0 aliphatic carbocycles. The topological polar surface area (TPSA) is 58.6 Å². The Balaban J connectivity index is 1.72. The number of likely N-dealkylation sites (N-methyl/N-ethyl adjacent to an activating group) is 1. The molecule has 2 fully saturated rings. The van der Waals surface area contributed by atoms with Gasteiger partial charge in [-0.3, -0.25) is 0 Å². The lowest BCUT2D eigenvalue weighted by Crippen LogP contribution is -2.51. The van der Waals surface area contributed by atoms with E-state index in [0.29, 0.717) is 13.1 Å². The minimum absolute atomic E-state index is 0.220. The second kappa shape index (κ2) is 5.06. The zero-order valence-electron chi connectivity index (χ0n) is 13.6. The smallest absolute Gasteiger partial charge is 0.410 e. The van der Waals surface area contributed by atoms with Gasteiger partial charge in [-0.15, -0.1) is 11.3 Å². The summed E-state index contributed by atoms with van der Waals surface area (Å²) in [5, 5.41) is 1.14. The molecule has 1 atom stereocenters. The number of hydrogen-bond acceptors (Lipinski definition) is 6. The first kappa shape index (κ1) is 14.7. The number of aromatic nitrogens is 2. The van der Waals surface area contributed by atoms with E-state index in [0.717, 1.165) is 35.4 Å². The zero-order valence-corrected chi connectivity index (χ0v) is 14.4. The van der Waals surface area contributed by atoms with Crippen LogP contribution in [0.1, 0.15) is 23.3 Å². The molecular weight excluding hydrogens is 312 g/mol. The molecule has 122 valence electrons. The normalized spacial score (nSPS) is 24.7. The molecule has 2 aliphatic rings. The maximum absolute atomic E-state index is 11.8. The van der Waals surface area contributed by atoms with E-state index >= 15 is 0 Å². The van der Waals surface area contributed by atoms with Gasteiger partial charge in [0.2, 0.25) is 0 Å². The van der Waals surface area contributed by atoms with E-state index in [2.05, 4.69) is 28.7 Å². The highest BCUT2D eigenvalue weighted by Crippen LogP contribution is 2.38. The lowest BCUT2D eigenvalue weighted by molar-refractivity contribution is 0.0446. The van der Waals surface area contributed by atoms with Crippen LogP contribution in [-0.4, -0.2) is 53.2 Å². The van der Waals surface area contributed by atoms with Gasteiger partial charge in [-0.1, -0.05) is 0 Å². The number of piperidine rings is 1. The van der Waals surface area contributed by atoms with Crippen LogP contribution in [0, 0.1) is 13.8 Å².